The minimum Gasteiger partial charge on any atom is -0.275 e. The monoisotopic (exact) mass is 482 g/mol. The van der Waals surface area contributed by atoms with Gasteiger partial charge in [-0.2, -0.15) is 0 Å². The van der Waals surface area contributed by atoms with Gasteiger partial charge >= 0.3 is 0 Å². The Bertz CT molecular complexity index is 1300. The number of fused-ring (bicyclic) bond motifs is 2. The molecule has 5 aromatic rings. The number of hydrogen-bond donors (Lipinski definition) is 0. The summed E-state index contributed by atoms with van der Waals surface area (Å²) in [7, 11) is 0. The lowest BCUT2D eigenvalue weighted by atomic mass is 10.2. The highest BCUT2D eigenvalue weighted by atomic mass is 127. The van der Waals surface area contributed by atoms with Crippen LogP contribution < -0.4 is 0 Å². The Balaban J connectivity index is 1.88. The van der Waals surface area contributed by atoms with Crippen LogP contribution in [-0.4, -0.2) is 19.5 Å². The summed E-state index contributed by atoms with van der Waals surface area (Å²) in [5.41, 5.74) is 5.00. The van der Waals surface area contributed by atoms with E-state index in [9.17, 15) is 0 Å². The highest BCUT2D eigenvalue weighted by Gasteiger charge is 2.17. The van der Waals surface area contributed by atoms with Crippen molar-refractivity contribution >= 4 is 56.5 Å². The van der Waals surface area contributed by atoms with Gasteiger partial charge in [-0.25, -0.2) is 15.0 Å². The van der Waals surface area contributed by atoms with Gasteiger partial charge in [-0.1, -0.05) is 29.8 Å². The molecule has 130 valence electrons. The zero-order chi connectivity index (χ0) is 18.4. The fourth-order valence-electron chi connectivity index (χ4n) is 3.11. The van der Waals surface area contributed by atoms with Crippen molar-refractivity contribution in [3.63, 3.8) is 0 Å². The number of nitrogens with zero attached hydrogens (tertiary/aromatic N) is 4. The Morgan fingerprint density at radius 2 is 1.52 bits per heavy atom. The Morgan fingerprint density at radius 1 is 0.778 bits per heavy atom. The normalized spacial score (nSPS) is 11.3. The van der Waals surface area contributed by atoms with E-state index in [4.69, 9.17) is 26.6 Å². The van der Waals surface area contributed by atoms with E-state index in [0.29, 0.717) is 10.7 Å². The quantitative estimate of drug-likeness (QED) is 0.295. The zero-order valence-corrected chi connectivity index (χ0v) is 16.9. The van der Waals surface area contributed by atoms with E-state index in [0.717, 1.165) is 37.3 Å². The van der Waals surface area contributed by atoms with Crippen molar-refractivity contribution in [2.75, 3.05) is 0 Å². The van der Waals surface area contributed by atoms with Gasteiger partial charge in [-0.05, 0) is 77.2 Å². The van der Waals surface area contributed by atoms with Crippen LogP contribution in [0.5, 0.6) is 0 Å². The van der Waals surface area contributed by atoms with Gasteiger partial charge in [-0.3, -0.25) is 4.57 Å². The molecular formula is C21H12ClIN4. The number of halogens is 2. The van der Waals surface area contributed by atoms with Crippen LogP contribution in [0.15, 0.2) is 72.8 Å². The lowest BCUT2D eigenvalue weighted by molar-refractivity contribution is 1.08. The summed E-state index contributed by atoms with van der Waals surface area (Å²) in [6.45, 7) is 0. The van der Waals surface area contributed by atoms with Crippen LogP contribution in [0.2, 0.25) is 5.02 Å². The Labute approximate surface area is 174 Å². The van der Waals surface area contributed by atoms with Crippen molar-refractivity contribution < 1.29 is 0 Å². The molecule has 0 fully saturated rings. The predicted octanol–water partition coefficient (Wildman–Crippen LogP) is 5.89. The fourth-order valence-corrected chi connectivity index (χ4v) is 3.76. The fraction of sp³-hybridized carbons (Fsp3) is 0. The second-order valence-electron chi connectivity index (χ2n) is 6.12. The third-order valence-electron chi connectivity index (χ3n) is 4.34. The summed E-state index contributed by atoms with van der Waals surface area (Å²) in [5.74, 6) is 0.791. The highest BCUT2D eigenvalue weighted by molar-refractivity contribution is 14.1. The lowest BCUT2D eigenvalue weighted by Crippen LogP contribution is -1.99. The van der Waals surface area contributed by atoms with Crippen LogP contribution in [-0.2, 0) is 0 Å². The summed E-state index contributed by atoms with van der Waals surface area (Å²) >= 11 is 8.39. The van der Waals surface area contributed by atoms with Gasteiger partial charge in [0.1, 0.15) is 5.82 Å². The highest BCUT2D eigenvalue weighted by Crippen LogP contribution is 2.29. The molecule has 2 aromatic heterocycles. The summed E-state index contributed by atoms with van der Waals surface area (Å²) in [6.07, 6.45) is 0. The van der Waals surface area contributed by atoms with Gasteiger partial charge < -0.3 is 0 Å². The van der Waals surface area contributed by atoms with Crippen molar-refractivity contribution in [1.29, 1.82) is 0 Å². The zero-order valence-electron chi connectivity index (χ0n) is 14.0. The van der Waals surface area contributed by atoms with Crippen LogP contribution in [0.3, 0.4) is 0 Å². The van der Waals surface area contributed by atoms with E-state index >= 15 is 0 Å². The molecule has 4 nitrogen and oxygen atoms in total. The Morgan fingerprint density at radius 3 is 2.26 bits per heavy atom. The average Bonchev–Trinajstić information content (AvgIpc) is 3.05. The number of imidazole rings is 1. The molecule has 5 rings (SSSR count). The molecule has 0 unspecified atom stereocenters. The molecule has 3 aromatic carbocycles. The molecule has 2 heterocycles. The molecule has 0 aliphatic heterocycles. The third-order valence-corrected chi connectivity index (χ3v) is 5.26. The summed E-state index contributed by atoms with van der Waals surface area (Å²) < 4.78 is 3.20. The molecule has 0 aliphatic carbocycles. The number of benzene rings is 3. The van der Waals surface area contributed by atoms with E-state index in [2.05, 4.69) is 45.4 Å². The van der Waals surface area contributed by atoms with Crippen molar-refractivity contribution in [3.8, 4) is 17.1 Å². The molecule has 0 radical (unpaired) electrons. The standard InChI is InChI=1S/C21H12ClIN4/c22-14-10-8-13(9-11-14)20-26-19-21(25-18-7-2-1-6-17(18)24-19)27(20)16-5-3-4-15(23)12-16/h1-12H. The number of para-hydroxylation sites is 2. The van der Waals surface area contributed by atoms with Crippen LogP contribution in [0.1, 0.15) is 0 Å². The topological polar surface area (TPSA) is 43.6 Å². The third kappa shape index (κ3) is 2.96. The molecule has 27 heavy (non-hydrogen) atoms. The predicted molar refractivity (Wildman–Crippen MR) is 117 cm³/mol. The number of hydrogen-bond acceptors (Lipinski definition) is 3. The number of aromatic nitrogens is 4. The van der Waals surface area contributed by atoms with Crippen LogP contribution in [0.4, 0.5) is 0 Å². The molecule has 0 saturated carbocycles. The van der Waals surface area contributed by atoms with Gasteiger partial charge in [0, 0.05) is 14.2 Å². The maximum absolute atomic E-state index is 6.07. The molecule has 0 saturated heterocycles. The Kier molecular flexibility index (Phi) is 4.06. The number of rotatable bonds is 2. The maximum atomic E-state index is 6.07. The largest absolute Gasteiger partial charge is 0.275 e. The summed E-state index contributed by atoms with van der Waals surface area (Å²) in [4.78, 5) is 14.4. The van der Waals surface area contributed by atoms with Crippen molar-refractivity contribution in [2.45, 2.75) is 0 Å². The van der Waals surface area contributed by atoms with Gasteiger partial charge in [0.05, 0.1) is 16.7 Å². The molecule has 0 N–H and O–H groups in total. The molecule has 0 spiro atoms. The first-order valence-corrected chi connectivity index (χ1v) is 9.82. The van der Waals surface area contributed by atoms with E-state index in [-0.39, 0.29) is 0 Å². The molecule has 0 amide bonds. The van der Waals surface area contributed by atoms with Crippen LogP contribution in [0.25, 0.3) is 39.4 Å². The SMILES string of the molecule is Clc1ccc(-c2nc3nc4ccccc4nc3n2-c2cccc(I)c2)cc1. The molecular weight excluding hydrogens is 471 g/mol. The van der Waals surface area contributed by atoms with Gasteiger partial charge in [0.15, 0.2) is 11.3 Å². The Hall–Kier alpha value is -2.51. The first kappa shape index (κ1) is 16.6. The van der Waals surface area contributed by atoms with E-state index in [1.165, 1.54) is 0 Å². The first-order valence-electron chi connectivity index (χ1n) is 8.36. The van der Waals surface area contributed by atoms with E-state index in [1.54, 1.807) is 0 Å². The minimum absolute atomic E-state index is 0.623. The van der Waals surface area contributed by atoms with Gasteiger partial charge in [0.25, 0.3) is 0 Å². The average molecular weight is 483 g/mol. The van der Waals surface area contributed by atoms with Crippen molar-refractivity contribution in [3.05, 3.63) is 81.4 Å². The second-order valence-corrected chi connectivity index (χ2v) is 7.80. The van der Waals surface area contributed by atoms with Crippen LogP contribution >= 0.6 is 34.2 Å². The summed E-state index contributed by atoms with van der Waals surface area (Å²) in [5, 5.41) is 0.692. The lowest BCUT2D eigenvalue weighted by Gasteiger charge is -2.09. The minimum atomic E-state index is 0.623. The smallest absolute Gasteiger partial charge is 0.199 e. The molecule has 6 heteroatoms. The first-order chi connectivity index (χ1) is 13.2. The van der Waals surface area contributed by atoms with Gasteiger partial charge in [-0.15, -0.1) is 0 Å². The molecule has 0 bridgehead atoms. The molecule has 0 aliphatic rings. The second kappa shape index (κ2) is 6.58. The van der Waals surface area contributed by atoms with Crippen LogP contribution in [0, 0.1) is 3.57 Å². The van der Waals surface area contributed by atoms with Crippen molar-refractivity contribution in [1.82, 2.24) is 19.5 Å². The summed E-state index contributed by atoms with van der Waals surface area (Å²) in [6, 6.07) is 23.8. The van der Waals surface area contributed by atoms with E-state index < -0.39 is 0 Å². The van der Waals surface area contributed by atoms with Crippen molar-refractivity contribution in [2.24, 2.45) is 0 Å². The maximum Gasteiger partial charge on any atom is 0.199 e. The van der Waals surface area contributed by atoms with E-state index in [1.807, 2.05) is 54.6 Å². The molecule has 0 atom stereocenters. The van der Waals surface area contributed by atoms with Gasteiger partial charge in [0.2, 0.25) is 0 Å².